The van der Waals surface area contributed by atoms with Gasteiger partial charge in [0, 0.05) is 19.8 Å². The summed E-state index contributed by atoms with van der Waals surface area (Å²) in [5.74, 6) is -0.143. The largest absolute Gasteiger partial charge is 0.366 e. The van der Waals surface area contributed by atoms with Crippen molar-refractivity contribution in [2.45, 2.75) is 20.0 Å². The molecule has 0 unspecified atom stereocenters. The van der Waals surface area contributed by atoms with Crippen LogP contribution in [0.2, 0.25) is 0 Å². The highest BCUT2D eigenvalue weighted by Crippen LogP contribution is 2.30. The molecular weight excluding hydrogens is 334 g/mol. The van der Waals surface area contributed by atoms with E-state index in [9.17, 15) is 8.78 Å². The van der Waals surface area contributed by atoms with E-state index < -0.39 is 11.6 Å². The smallest absolute Gasteiger partial charge is 0.149 e. The molecule has 6 heteroatoms. The van der Waals surface area contributed by atoms with Gasteiger partial charge in [-0.15, -0.1) is 0 Å². The minimum atomic E-state index is -0.530. The van der Waals surface area contributed by atoms with Crippen LogP contribution in [-0.2, 0) is 13.1 Å². The average molecular weight is 352 g/mol. The number of rotatable bonds is 4. The molecule has 2 aromatic heterocycles. The van der Waals surface area contributed by atoms with Crippen LogP contribution >= 0.6 is 0 Å². The van der Waals surface area contributed by atoms with Crippen LogP contribution < -0.4 is 4.90 Å². The number of anilines is 1. The molecule has 4 rings (SSSR count). The Bertz CT molecular complexity index is 1100. The van der Waals surface area contributed by atoms with Gasteiger partial charge in [0.15, 0.2) is 0 Å². The highest BCUT2D eigenvalue weighted by molar-refractivity contribution is 5.92. The quantitative estimate of drug-likeness (QED) is 0.542. The van der Waals surface area contributed by atoms with E-state index in [-0.39, 0.29) is 10.9 Å². The summed E-state index contributed by atoms with van der Waals surface area (Å²) in [4.78, 5) is 10.6. The van der Waals surface area contributed by atoms with Crippen molar-refractivity contribution in [3.8, 4) is 0 Å². The van der Waals surface area contributed by atoms with E-state index in [1.165, 1.54) is 6.20 Å². The van der Waals surface area contributed by atoms with Crippen LogP contribution in [0.3, 0.4) is 0 Å². The Hall–Kier alpha value is -3.02. The lowest BCUT2D eigenvalue weighted by molar-refractivity contribution is 0.615. The maximum atomic E-state index is 14.4. The monoisotopic (exact) mass is 352 g/mol. The summed E-state index contributed by atoms with van der Waals surface area (Å²) in [5.41, 5.74) is 2.62. The lowest BCUT2D eigenvalue weighted by Gasteiger charge is -2.21. The molecule has 4 aromatic rings. The van der Waals surface area contributed by atoms with Crippen LogP contribution in [0, 0.1) is 11.6 Å². The first-order chi connectivity index (χ1) is 12.6. The molecule has 0 spiro atoms. The summed E-state index contributed by atoms with van der Waals surface area (Å²) >= 11 is 0. The fourth-order valence-electron chi connectivity index (χ4n) is 3.39. The van der Waals surface area contributed by atoms with Gasteiger partial charge in [-0.3, -0.25) is 4.98 Å². The van der Waals surface area contributed by atoms with E-state index in [1.54, 1.807) is 6.07 Å². The fraction of sp³-hybridized carbons (Fsp3) is 0.200. The normalized spacial score (nSPS) is 11.4. The summed E-state index contributed by atoms with van der Waals surface area (Å²) in [5, 5.41) is 0.189. The molecule has 0 bridgehead atoms. The van der Waals surface area contributed by atoms with Crippen molar-refractivity contribution < 1.29 is 8.78 Å². The molecule has 0 aliphatic rings. The number of benzene rings is 2. The van der Waals surface area contributed by atoms with Gasteiger partial charge < -0.3 is 9.47 Å². The van der Waals surface area contributed by atoms with Gasteiger partial charge in [-0.2, -0.15) is 0 Å². The number of fused-ring (bicyclic) bond motifs is 2. The van der Waals surface area contributed by atoms with Crippen LogP contribution in [0.4, 0.5) is 14.5 Å². The van der Waals surface area contributed by atoms with Crippen molar-refractivity contribution in [3.05, 3.63) is 66.1 Å². The van der Waals surface area contributed by atoms with E-state index in [1.807, 2.05) is 36.2 Å². The Morgan fingerprint density at radius 1 is 1.04 bits per heavy atom. The number of nitrogens with zero attached hydrogens (tertiary/aromatic N) is 4. The van der Waals surface area contributed by atoms with Crippen molar-refractivity contribution in [1.29, 1.82) is 0 Å². The minimum Gasteiger partial charge on any atom is -0.366 e. The zero-order chi connectivity index (χ0) is 18.3. The van der Waals surface area contributed by atoms with Crippen molar-refractivity contribution in [3.63, 3.8) is 0 Å². The number of hydrogen-bond acceptors (Lipinski definition) is 3. The van der Waals surface area contributed by atoms with Gasteiger partial charge in [0.05, 0.1) is 28.7 Å². The van der Waals surface area contributed by atoms with Crippen LogP contribution in [0.15, 0.2) is 48.7 Å². The minimum absolute atomic E-state index is 0.0401. The topological polar surface area (TPSA) is 34.0 Å². The Labute approximate surface area is 149 Å². The molecule has 0 radical (unpaired) electrons. The van der Waals surface area contributed by atoms with Crippen molar-refractivity contribution >= 4 is 27.6 Å². The van der Waals surface area contributed by atoms with Gasteiger partial charge in [-0.25, -0.2) is 13.8 Å². The Morgan fingerprint density at radius 3 is 2.62 bits per heavy atom. The number of aromatic nitrogens is 3. The molecule has 2 aromatic carbocycles. The predicted molar refractivity (Wildman–Crippen MR) is 99.2 cm³/mol. The van der Waals surface area contributed by atoms with Crippen molar-refractivity contribution in [2.24, 2.45) is 0 Å². The second kappa shape index (κ2) is 6.37. The third-order valence-electron chi connectivity index (χ3n) is 4.61. The molecule has 4 nitrogen and oxygen atoms in total. The van der Waals surface area contributed by atoms with Crippen molar-refractivity contribution in [2.75, 3.05) is 11.9 Å². The fourth-order valence-corrected chi connectivity index (χ4v) is 3.39. The predicted octanol–water partition coefficient (Wildman–Crippen LogP) is 4.52. The molecule has 2 heterocycles. The second-order valence-electron chi connectivity index (χ2n) is 6.20. The number of aryl methyl sites for hydroxylation is 1. The van der Waals surface area contributed by atoms with Gasteiger partial charge in [-0.1, -0.05) is 12.1 Å². The summed E-state index contributed by atoms with van der Waals surface area (Å²) in [6.07, 6.45) is 1.50. The van der Waals surface area contributed by atoms with E-state index in [2.05, 4.69) is 16.5 Å². The number of para-hydroxylation sites is 2. The summed E-state index contributed by atoms with van der Waals surface area (Å²) in [6.45, 7) is 3.32. The van der Waals surface area contributed by atoms with E-state index >= 15 is 0 Å². The number of pyridine rings is 1. The standard InChI is InChI=1S/C20H18F2N4/c1-3-26-16-7-5-4-6-15(16)24-18(26)12-25(2)17-10-11-23-20-14(22)9-8-13(21)19(17)20/h4-11H,3,12H2,1-2H3. The van der Waals surface area contributed by atoms with Gasteiger partial charge >= 0.3 is 0 Å². The zero-order valence-corrected chi connectivity index (χ0v) is 14.6. The van der Waals surface area contributed by atoms with Gasteiger partial charge in [0.25, 0.3) is 0 Å². The lowest BCUT2D eigenvalue weighted by Crippen LogP contribution is -2.20. The number of imidazole rings is 1. The molecule has 26 heavy (non-hydrogen) atoms. The number of halogens is 2. The Balaban J connectivity index is 1.79. The first-order valence-corrected chi connectivity index (χ1v) is 8.48. The van der Waals surface area contributed by atoms with Crippen LogP contribution in [-0.4, -0.2) is 21.6 Å². The Kier molecular flexibility index (Phi) is 4.03. The molecule has 0 aliphatic heterocycles. The molecule has 0 fully saturated rings. The van der Waals surface area contributed by atoms with E-state index in [0.717, 1.165) is 35.5 Å². The molecule has 0 aliphatic carbocycles. The number of hydrogen-bond donors (Lipinski definition) is 0. The van der Waals surface area contributed by atoms with Gasteiger partial charge in [0.1, 0.15) is 23.0 Å². The molecule has 0 amide bonds. The maximum absolute atomic E-state index is 14.4. The summed E-state index contributed by atoms with van der Waals surface area (Å²) < 4.78 is 30.5. The highest BCUT2D eigenvalue weighted by atomic mass is 19.1. The van der Waals surface area contributed by atoms with Gasteiger partial charge in [-0.05, 0) is 37.3 Å². The molecular formula is C20H18F2N4. The van der Waals surface area contributed by atoms with E-state index in [0.29, 0.717) is 12.2 Å². The molecule has 0 N–H and O–H groups in total. The highest BCUT2D eigenvalue weighted by Gasteiger charge is 2.17. The van der Waals surface area contributed by atoms with Crippen LogP contribution in [0.5, 0.6) is 0 Å². The Morgan fingerprint density at radius 2 is 1.81 bits per heavy atom. The molecule has 132 valence electrons. The van der Waals surface area contributed by atoms with Crippen LogP contribution in [0.1, 0.15) is 12.7 Å². The average Bonchev–Trinajstić information content (AvgIpc) is 3.01. The SMILES string of the molecule is CCn1c(CN(C)c2ccnc3c(F)ccc(F)c23)nc2ccccc21. The van der Waals surface area contributed by atoms with Crippen LogP contribution in [0.25, 0.3) is 21.9 Å². The second-order valence-corrected chi connectivity index (χ2v) is 6.20. The third-order valence-corrected chi connectivity index (χ3v) is 4.61. The maximum Gasteiger partial charge on any atom is 0.149 e. The third kappa shape index (κ3) is 2.58. The van der Waals surface area contributed by atoms with Gasteiger partial charge in [0.2, 0.25) is 0 Å². The molecule has 0 saturated heterocycles. The first kappa shape index (κ1) is 16.4. The summed E-state index contributed by atoms with van der Waals surface area (Å²) in [7, 11) is 1.85. The molecule has 0 atom stereocenters. The summed E-state index contributed by atoms with van der Waals surface area (Å²) in [6, 6.07) is 11.9. The van der Waals surface area contributed by atoms with Crippen molar-refractivity contribution in [1.82, 2.24) is 14.5 Å². The molecule has 0 saturated carbocycles. The first-order valence-electron chi connectivity index (χ1n) is 8.48. The zero-order valence-electron chi connectivity index (χ0n) is 14.6. The lowest BCUT2D eigenvalue weighted by atomic mass is 10.1. The van der Waals surface area contributed by atoms with E-state index in [4.69, 9.17) is 4.98 Å².